The van der Waals surface area contributed by atoms with Crippen LogP contribution in [0.15, 0.2) is 12.1 Å². The number of pyridine rings is 1. The number of aromatic nitrogens is 1. The molecule has 0 unspecified atom stereocenters. The van der Waals surface area contributed by atoms with Gasteiger partial charge in [-0.2, -0.15) is 0 Å². The lowest BCUT2D eigenvalue weighted by atomic mass is 9.97. The van der Waals surface area contributed by atoms with Crippen LogP contribution in [-0.2, 0) is 24.1 Å². The van der Waals surface area contributed by atoms with Gasteiger partial charge in [0.1, 0.15) is 0 Å². The lowest BCUT2D eigenvalue weighted by molar-refractivity contribution is -0.136. The van der Waals surface area contributed by atoms with E-state index in [0.717, 1.165) is 41.4 Å². The van der Waals surface area contributed by atoms with Crippen LogP contribution in [0.25, 0.3) is 10.9 Å². The molecule has 1 aliphatic carbocycles. The molecule has 3 rings (SSSR count). The van der Waals surface area contributed by atoms with Crippen molar-refractivity contribution in [1.82, 2.24) is 4.98 Å². The van der Waals surface area contributed by atoms with E-state index in [1.165, 1.54) is 5.56 Å². The fourth-order valence-corrected chi connectivity index (χ4v) is 3.52. The van der Waals surface area contributed by atoms with Crippen molar-refractivity contribution in [1.29, 1.82) is 0 Å². The van der Waals surface area contributed by atoms with E-state index in [1.807, 2.05) is 0 Å². The summed E-state index contributed by atoms with van der Waals surface area (Å²) in [6, 6.07) is 3.49. The molecule has 1 aromatic heterocycles. The van der Waals surface area contributed by atoms with E-state index in [-0.39, 0.29) is 6.42 Å². The second-order valence-electron chi connectivity index (χ2n) is 5.04. The Hall–Kier alpha value is -1.32. The third-order valence-corrected chi connectivity index (χ3v) is 4.25. The smallest absolute Gasteiger partial charge is 0.303 e. The molecule has 3 nitrogen and oxygen atoms in total. The number of hydrogen-bond acceptors (Lipinski definition) is 2. The molecular formula is C15H13Cl2NO2. The first-order valence-electron chi connectivity index (χ1n) is 6.57. The first-order valence-corrected chi connectivity index (χ1v) is 7.33. The number of hydrogen-bond donors (Lipinski definition) is 1. The van der Waals surface area contributed by atoms with Gasteiger partial charge < -0.3 is 5.11 Å². The number of benzene rings is 1. The zero-order valence-corrected chi connectivity index (χ0v) is 12.3. The van der Waals surface area contributed by atoms with Crippen LogP contribution in [0.4, 0.5) is 0 Å². The van der Waals surface area contributed by atoms with Crippen molar-refractivity contribution in [3.63, 3.8) is 0 Å². The molecule has 5 heteroatoms. The highest BCUT2D eigenvalue weighted by molar-refractivity contribution is 6.38. The number of rotatable bonds is 3. The molecule has 0 fully saturated rings. The van der Waals surface area contributed by atoms with Gasteiger partial charge in [-0.1, -0.05) is 23.2 Å². The van der Waals surface area contributed by atoms with Crippen molar-refractivity contribution in [3.8, 4) is 0 Å². The van der Waals surface area contributed by atoms with Gasteiger partial charge in [-0.3, -0.25) is 9.78 Å². The molecule has 0 saturated carbocycles. The number of halogens is 2. The van der Waals surface area contributed by atoms with Crippen molar-refractivity contribution < 1.29 is 9.90 Å². The maximum Gasteiger partial charge on any atom is 0.303 e. The molecule has 0 aliphatic heterocycles. The third-order valence-electron chi connectivity index (χ3n) is 3.73. The number of fused-ring (bicyclic) bond motifs is 2. The minimum atomic E-state index is -0.799. The van der Waals surface area contributed by atoms with Crippen LogP contribution in [0, 0.1) is 0 Å². The van der Waals surface area contributed by atoms with E-state index in [9.17, 15) is 4.79 Å². The molecule has 0 amide bonds. The molecule has 1 heterocycles. The van der Waals surface area contributed by atoms with E-state index >= 15 is 0 Å². The zero-order valence-electron chi connectivity index (χ0n) is 10.7. The highest BCUT2D eigenvalue weighted by atomic mass is 35.5. The summed E-state index contributed by atoms with van der Waals surface area (Å²) in [5.74, 6) is -0.799. The van der Waals surface area contributed by atoms with E-state index in [0.29, 0.717) is 16.5 Å². The van der Waals surface area contributed by atoms with Gasteiger partial charge in [-0.25, -0.2) is 0 Å². The molecule has 0 atom stereocenters. The fraction of sp³-hybridized carbons (Fsp3) is 0.333. The number of carboxylic acids is 1. The molecule has 1 aliphatic rings. The number of carboxylic acid groups (broad SMARTS) is 1. The molecule has 20 heavy (non-hydrogen) atoms. The average molecular weight is 310 g/mol. The highest BCUT2D eigenvalue weighted by Gasteiger charge is 2.21. The Morgan fingerprint density at radius 3 is 2.85 bits per heavy atom. The average Bonchev–Trinajstić information content (AvgIpc) is 2.81. The number of carbonyl (C=O) groups is 1. The number of aryl methyl sites for hydroxylation is 2. The van der Waals surface area contributed by atoms with Crippen molar-refractivity contribution in [3.05, 3.63) is 39.0 Å². The number of nitrogens with zero attached hydrogens (tertiary/aromatic N) is 1. The SMILES string of the molecule is O=C(O)CCc1c2c(nc3cc(Cl)cc(Cl)c13)CCC2. The molecule has 0 radical (unpaired) electrons. The Balaban J connectivity index is 2.25. The molecule has 0 spiro atoms. The second kappa shape index (κ2) is 5.23. The van der Waals surface area contributed by atoms with E-state index < -0.39 is 5.97 Å². The predicted molar refractivity (Wildman–Crippen MR) is 79.7 cm³/mol. The maximum atomic E-state index is 10.9. The Kier molecular flexibility index (Phi) is 3.57. The lowest BCUT2D eigenvalue weighted by Gasteiger charge is -2.13. The first kappa shape index (κ1) is 13.7. The fourth-order valence-electron chi connectivity index (χ4n) is 2.93. The molecule has 104 valence electrons. The molecule has 0 saturated heterocycles. The van der Waals surface area contributed by atoms with Gasteiger partial charge in [0.25, 0.3) is 0 Å². The molecule has 2 aromatic rings. The predicted octanol–water partition coefficient (Wildman–Crippen LogP) is 4.05. The van der Waals surface area contributed by atoms with Crippen molar-refractivity contribution in [2.24, 2.45) is 0 Å². The van der Waals surface area contributed by atoms with Crippen LogP contribution in [0.2, 0.25) is 10.0 Å². The Morgan fingerprint density at radius 2 is 2.10 bits per heavy atom. The van der Waals surface area contributed by atoms with Crippen molar-refractivity contribution in [2.45, 2.75) is 32.1 Å². The van der Waals surface area contributed by atoms with Crippen LogP contribution in [0.3, 0.4) is 0 Å². The Labute approximate surface area is 126 Å². The van der Waals surface area contributed by atoms with Gasteiger partial charge in [0.05, 0.1) is 10.5 Å². The monoisotopic (exact) mass is 309 g/mol. The minimum absolute atomic E-state index is 0.102. The van der Waals surface area contributed by atoms with E-state index in [1.54, 1.807) is 12.1 Å². The molecule has 1 N–H and O–H groups in total. The lowest BCUT2D eigenvalue weighted by Crippen LogP contribution is -2.03. The Morgan fingerprint density at radius 1 is 1.30 bits per heavy atom. The molecule has 1 aromatic carbocycles. The normalized spacial score (nSPS) is 13.7. The quantitative estimate of drug-likeness (QED) is 0.930. The van der Waals surface area contributed by atoms with E-state index in [4.69, 9.17) is 28.3 Å². The summed E-state index contributed by atoms with van der Waals surface area (Å²) >= 11 is 12.3. The topological polar surface area (TPSA) is 50.2 Å². The zero-order chi connectivity index (χ0) is 14.3. The third kappa shape index (κ3) is 2.36. The largest absolute Gasteiger partial charge is 0.481 e. The van der Waals surface area contributed by atoms with Gasteiger partial charge in [0.15, 0.2) is 0 Å². The molecular weight excluding hydrogens is 297 g/mol. The van der Waals surface area contributed by atoms with Crippen LogP contribution in [-0.4, -0.2) is 16.1 Å². The number of aliphatic carboxylic acids is 1. The van der Waals surface area contributed by atoms with Gasteiger partial charge in [0, 0.05) is 22.5 Å². The standard InChI is InChI=1S/C15H13Cl2NO2/c16-8-6-11(17)15-10(4-5-14(19)20)9-2-1-3-12(9)18-13(15)7-8/h6-7H,1-5H2,(H,19,20). The van der Waals surface area contributed by atoms with Crippen LogP contribution in [0.5, 0.6) is 0 Å². The second-order valence-corrected chi connectivity index (χ2v) is 5.89. The van der Waals surface area contributed by atoms with Gasteiger partial charge in [-0.05, 0) is 48.9 Å². The van der Waals surface area contributed by atoms with E-state index in [2.05, 4.69) is 4.98 Å². The van der Waals surface area contributed by atoms with Gasteiger partial charge >= 0.3 is 5.97 Å². The van der Waals surface area contributed by atoms with Crippen LogP contribution >= 0.6 is 23.2 Å². The Bertz CT molecular complexity index is 713. The first-order chi connectivity index (χ1) is 9.56. The van der Waals surface area contributed by atoms with Crippen molar-refractivity contribution in [2.75, 3.05) is 0 Å². The van der Waals surface area contributed by atoms with Gasteiger partial charge in [0.2, 0.25) is 0 Å². The summed E-state index contributed by atoms with van der Waals surface area (Å²) in [5.41, 5.74) is 4.05. The molecule has 0 bridgehead atoms. The summed E-state index contributed by atoms with van der Waals surface area (Å²) in [4.78, 5) is 15.5. The van der Waals surface area contributed by atoms with Gasteiger partial charge in [-0.15, -0.1) is 0 Å². The minimum Gasteiger partial charge on any atom is -0.481 e. The summed E-state index contributed by atoms with van der Waals surface area (Å²) < 4.78 is 0. The summed E-state index contributed by atoms with van der Waals surface area (Å²) in [5, 5.41) is 10.9. The summed E-state index contributed by atoms with van der Waals surface area (Å²) in [6.45, 7) is 0. The summed E-state index contributed by atoms with van der Waals surface area (Å²) in [6.07, 6.45) is 3.54. The maximum absolute atomic E-state index is 10.9. The van der Waals surface area contributed by atoms with Crippen LogP contribution < -0.4 is 0 Å². The van der Waals surface area contributed by atoms with Crippen LogP contribution in [0.1, 0.15) is 29.7 Å². The highest BCUT2D eigenvalue weighted by Crippen LogP contribution is 2.36. The van der Waals surface area contributed by atoms with Crippen molar-refractivity contribution >= 4 is 40.1 Å². The summed E-state index contributed by atoms with van der Waals surface area (Å²) in [7, 11) is 0.